The predicted octanol–water partition coefficient (Wildman–Crippen LogP) is 3.11. The van der Waals surface area contributed by atoms with Crippen LogP contribution in [0, 0.1) is 0 Å². The molecule has 5 heteroatoms. The SMILES string of the molecule is O=Cc1nnn(-c2ccc(Br)cc2)c1C1CCC1. The number of halogens is 1. The fraction of sp³-hybridized carbons (Fsp3) is 0.308. The molecule has 0 amide bonds. The first-order valence-corrected chi connectivity index (χ1v) is 6.75. The van der Waals surface area contributed by atoms with Gasteiger partial charge in [0.05, 0.1) is 11.4 Å². The minimum Gasteiger partial charge on any atom is -0.296 e. The maximum Gasteiger partial charge on any atom is 0.172 e. The number of benzene rings is 1. The molecule has 1 heterocycles. The van der Waals surface area contributed by atoms with E-state index >= 15 is 0 Å². The molecule has 0 atom stereocenters. The van der Waals surface area contributed by atoms with Gasteiger partial charge in [0.2, 0.25) is 0 Å². The van der Waals surface area contributed by atoms with E-state index in [0.717, 1.165) is 35.0 Å². The van der Waals surface area contributed by atoms with Crippen LogP contribution in [0.15, 0.2) is 28.7 Å². The van der Waals surface area contributed by atoms with E-state index < -0.39 is 0 Å². The molecule has 1 saturated carbocycles. The van der Waals surface area contributed by atoms with E-state index in [-0.39, 0.29) is 0 Å². The van der Waals surface area contributed by atoms with Gasteiger partial charge in [0.15, 0.2) is 6.29 Å². The maximum atomic E-state index is 11.0. The molecule has 4 nitrogen and oxygen atoms in total. The molecule has 0 spiro atoms. The van der Waals surface area contributed by atoms with Crippen molar-refractivity contribution in [3.8, 4) is 5.69 Å². The van der Waals surface area contributed by atoms with Crippen molar-refractivity contribution in [2.75, 3.05) is 0 Å². The first-order valence-electron chi connectivity index (χ1n) is 5.96. The monoisotopic (exact) mass is 305 g/mol. The topological polar surface area (TPSA) is 47.8 Å². The van der Waals surface area contributed by atoms with Crippen molar-refractivity contribution in [1.29, 1.82) is 0 Å². The molecule has 1 fully saturated rings. The molecule has 1 aliphatic carbocycles. The van der Waals surface area contributed by atoms with Crippen LogP contribution in [0.4, 0.5) is 0 Å². The summed E-state index contributed by atoms with van der Waals surface area (Å²) in [5.41, 5.74) is 2.38. The molecule has 2 aromatic rings. The van der Waals surface area contributed by atoms with Gasteiger partial charge in [0.25, 0.3) is 0 Å². The minimum atomic E-state index is 0.420. The average Bonchev–Trinajstić information content (AvgIpc) is 2.72. The highest BCUT2D eigenvalue weighted by atomic mass is 79.9. The van der Waals surface area contributed by atoms with Crippen LogP contribution in [0.5, 0.6) is 0 Å². The van der Waals surface area contributed by atoms with Crippen LogP contribution in [0.25, 0.3) is 5.69 Å². The molecule has 0 N–H and O–H groups in total. The molecule has 1 aromatic carbocycles. The number of hydrogen-bond acceptors (Lipinski definition) is 3. The number of carbonyl (C=O) groups is 1. The number of carbonyl (C=O) groups excluding carboxylic acids is 1. The van der Waals surface area contributed by atoms with Crippen molar-refractivity contribution in [3.05, 3.63) is 40.1 Å². The van der Waals surface area contributed by atoms with Gasteiger partial charge >= 0.3 is 0 Å². The molecule has 0 bridgehead atoms. The molecule has 0 aliphatic heterocycles. The summed E-state index contributed by atoms with van der Waals surface area (Å²) >= 11 is 3.41. The van der Waals surface area contributed by atoms with Gasteiger partial charge in [-0.25, -0.2) is 4.68 Å². The fourth-order valence-corrected chi connectivity index (χ4v) is 2.49. The van der Waals surface area contributed by atoms with Gasteiger partial charge in [0, 0.05) is 10.4 Å². The first kappa shape index (κ1) is 11.6. The van der Waals surface area contributed by atoms with Crippen molar-refractivity contribution in [2.45, 2.75) is 25.2 Å². The Labute approximate surface area is 113 Å². The predicted molar refractivity (Wildman–Crippen MR) is 71.0 cm³/mol. The lowest BCUT2D eigenvalue weighted by atomic mass is 9.82. The van der Waals surface area contributed by atoms with Gasteiger partial charge in [0.1, 0.15) is 5.69 Å². The lowest BCUT2D eigenvalue weighted by molar-refractivity contribution is 0.111. The van der Waals surface area contributed by atoms with Gasteiger partial charge < -0.3 is 0 Å². The first-order chi connectivity index (χ1) is 8.79. The molecule has 92 valence electrons. The second-order valence-corrected chi connectivity index (χ2v) is 5.41. The molecule has 3 rings (SSSR count). The van der Waals surface area contributed by atoms with Crippen LogP contribution in [0.1, 0.15) is 41.4 Å². The third-order valence-electron chi connectivity index (χ3n) is 3.41. The molecule has 1 aliphatic rings. The van der Waals surface area contributed by atoms with Crippen molar-refractivity contribution >= 4 is 22.2 Å². The van der Waals surface area contributed by atoms with Crippen LogP contribution >= 0.6 is 15.9 Å². The Bertz CT molecular complexity index is 572. The highest BCUT2D eigenvalue weighted by Gasteiger charge is 2.27. The number of rotatable bonds is 3. The Balaban J connectivity index is 2.08. The summed E-state index contributed by atoms with van der Waals surface area (Å²) in [5.74, 6) is 0.420. The van der Waals surface area contributed by atoms with E-state index in [1.165, 1.54) is 6.42 Å². The van der Waals surface area contributed by atoms with Gasteiger partial charge in [-0.2, -0.15) is 0 Å². The van der Waals surface area contributed by atoms with E-state index in [1.807, 2.05) is 24.3 Å². The Morgan fingerprint density at radius 1 is 1.28 bits per heavy atom. The zero-order chi connectivity index (χ0) is 12.5. The van der Waals surface area contributed by atoms with Crippen LogP contribution < -0.4 is 0 Å². The Hall–Kier alpha value is -1.49. The number of hydrogen-bond donors (Lipinski definition) is 0. The lowest BCUT2D eigenvalue weighted by Gasteiger charge is -2.26. The number of aromatic nitrogens is 3. The standard InChI is InChI=1S/C13H12BrN3O/c14-10-4-6-11(7-5-10)17-13(9-2-1-3-9)12(8-18)15-16-17/h4-9H,1-3H2. The molecule has 1 aromatic heterocycles. The zero-order valence-electron chi connectivity index (χ0n) is 9.71. The fourth-order valence-electron chi connectivity index (χ4n) is 2.22. The summed E-state index contributed by atoms with van der Waals surface area (Å²) in [6.45, 7) is 0. The molecule has 18 heavy (non-hydrogen) atoms. The van der Waals surface area contributed by atoms with E-state index in [4.69, 9.17) is 0 Å². The van der Waals surface area contributed by atoms with E-state index in [0.29, 0.717) is 11.6 Å². The smallest absolute Gasteiger partial charge is 0.172 e. The van der Waals surface area contributed by atoms with E-state index in [2.05, 4.69) is 26.2 Å². The summed E-state index contributed by atoms with van der Waals surface area (Å²) in [6.07, 6.45) is 4.25. The minimum absolute atomic E-state index is 0.420. The normalized spacial score (nSPS) is 15.4. The Morgan fingerprint density at radius 2 is 2.00 bits per heavy atom. The molecule has 0 radical (unpaired) electrons. The Kier molecular flexibility index (Phi) is 2.99. The van der Waals surface area contributed by atoms with Crippen LogP contribution in [-0.4, -0.2) is 21.3 Å². The number of nitrogens with zero attached hydrogens (tertiary/aromatic N) is 3. The molecular weight excluding hydrogens is 294 g/mol. The van der Waals surface area contributed by atoms with Crippen molar-refractivity contribution in [2.24, 2.45) is 0 Å². The van der Waals surface area contributed by atoms with Crippen molar-refractivity contribution in [3.63, 3.8) is 0 Å². The zero-order valence-corrected chi connectivity index (χ0v) is 11.3. The van der Waals surface area contributed by atoms with Gasteiger partial charge in [-0.15, -0.1) is 5.10 Å². The highest BCUT2D eigenvalue weighted by Crippen LogP contribution is 2.38. The lowest BCUT2D eigenvalue weighted by Crippen LogP contribution is -2.15. The maximum absolute atomic E-state index is 11.0. The number of aldehydes is 1. The summed E-state index contributed by atoms with van der Waals surface area (Å²) in [4.78, 5) is 11.0. The van der Waals surface area contributed by atoms with Crippen LogP contribution in [0.3, 0.4) is 0 Å². The van der Waals surface area contributed by atoms with Crippen molar-refractivity contribution in [1.82, 2.24) is 15.0 Å². The summed E-state index contributed by atoms with van der Waals surface area (Å²) in [6, 6.07) is 7.86. The Morgan fingerprint density at radius 3 is 2.56 bits per heavy atom. The summed E-state index contributed by atoms with van der Waals surface area (Å²) in [5, 5.41) is 8.08. The van der Waals surface area contributed by atoms with Gasteiger partial charge in [-0.05, 0) is 37.1 Å². The molecule has 0 saturated heterocycles. The summed E-state index contributed by atoms with van der Waals surface area (Å²) in [7, 11) is 0. The summed E-state index contributed by atoms with van der Waals surface area (Å²) < 4.78 is 2.81. The third-order valence-corrected chi connectivity index (χ3v) is 3.94. The highest BCUT2D eigenvalue weighted by molar-refractivity contribution is 9.10. The second-order valence-electron chi connectivity index (χ2n) is 4.49. The van der Waals surface area contributed by atoms with E-state index in [1.54, 1.807) is 4.68 Å². The molecular formula is C13H12BrN3O. The van der Waals surface area contributed by atoms with Gasteiger partial charge in [-0.1, -0.05) is 27.6 Å². The third kappa shape index (κ3) is 1.88. The van der Waals surface area contributed by atoms with Crippen LogP contribution in [0.2, 0.25) is 0 Å². The molecule has 0 unspecified atom stereocenters. The van der Waals surface area contributed by atoms with Crippen molar-refractivity contribution < 1.29 is 4.79 Å². The van der Waals surface area contributed by atoms with E-state index in [9.17, 15) is 4.79 Å². The largest absolute Gasteiger partial charge is 0.296 e. The van der Waals surface area contributed by atoms with Gasteiger partial charge in [-0.3, -0.25) is 4.79 Å². The average molecular weight is 306 g/mol. The second kappa shape index (κ2) is 4.65. The van der Waals surface area contributed by atoms with Crippen LogP contribution in [-0.2, 0) is 0 Å². The quantitative estimate of drug-likeness (QED) is 0.819.